The highest BCUT2D eigenvalue weighted by Gasteiger charge is 2.06. The highest BCUT2D eigenvalue weighted by molar-refractivity contribution is 9.10. The van der Waals surface area contributed by atoms with Crippen molar-refractivity contribution in [2.45, 2.75) is 0 Å². The van der Waals surface area contributed by atoms with Crippen LogP contribution in [0.5, 0.6) is 0 Å². The number of hydrogen-bond donors (Lipinski definition) is 0. The number of ketones is 1. The molecular formula is C15H9BrF2O. The molecule has 0 bridgehead atoms. The molecule has 0 spiro atoms. The number of halogens is 3. The molecule has 19 heavy (non-hydrogen) atoms. The number of carbonyl (C=O) groups is 1. The van der Waals surface area contributed by atoms with Gasteiger partial charge in [-0.15, -0.1) is 0 Å². The molecule has 0 N–H and O–H groups in total. The highest BCUT2D eigenvalue weighted by atomic mass is 79.9. The molecule has 96 valence electrons. The van der Waals surface area contributed by atoms with E-state index in [1.165, 1.54) is 6.08 Å². The minimum absolute atomic E-state index is 0.0131. The first-order valence-electron chi connectivity index (χ1n) is 5.49. The average Bonchev–Trinajstić information content (AvgIpc) is 2.36. The fourth-order valence-corrected chi connectivity index (χ4v) is 1.98. The molecule has 0 fully saturated rings. The standard InChI is InChI=1S/C15H9BrF2O/c16-14-4-2-1-3-10(14)5-6-15(19)11-7-12(17)9-13(18)8-11/h1-9H/b6-5+. The maximum Gasteiger partial charge on any atom is 0.186 e. The summed E-state index contributed by atoms with van der Waals surface area (Å²) in [7, 11) is 0. The Bertz CT molecular complexity index is 630. The van der Waals surface area contributed by atoms with Gasteiger partial charge in [0.05, 0.1) is 0 Å². The zero-order valence-electron chi connectivity index (χ0n) is 9.74. The summed E-state index contributed by atoms with van der Waals surface area (Å²) in [5.41, 5.74) is 0.800. The van der Waals surface area contributed by atoms with Crippen molar-refractivity contribution in [1.82, 2.24) is 0 Å². The molecule has 4 heteroatoms. The Morgan fingerprint density at radius 2 is 1.68 bits per heavy atom. The van der Waals surface area contributed by atoms with Crippen molar-refractivity contribution in [3.63, 3.8) is 0 Å². The quantitative estimate of drug-likeness (QED) is 0.595. The molecular weight excluding hydrogens is 314 g/mol. The van der Waals surface area contributed by atoms with Gasteiger partial charge in [-0.2, -0.15) is 0 Å². The van der Waals surface area contributed by atoms with Crippen molar-refractivity contribution in [3.05, 3.63) is 75.8 Å². The maximum absolute atomic E-state index is 13.0. The van der Waals surface area contributed by atoms with Gasteiger partial charge in [0, 0.05) is 16.1 Å². The molecule has 0 radical (unpaired) electrons. The van der Waals surface area contributed by atoms with Crippen LogP contribution in [0.1, 0.15) is 15.9 Å². The van der Waals surface area contributed by atoms with Gasteiger partial charge in [-0.25, -0.2) is 8.78 Å². The van der Waals surface area contributed by atoms with Gasteiger partial charge < -0.3 is 0 Å². The number of carbonyl (C=O) groups excluding carboxylic acids is 1. The fourth-order valence-electron chi connectivity index (χ4n) is 1.57. The largest absolute Gasteiger partial charge is 0.289 e. The summed E-state index contributed by atoms with van der Waals surface area (Å²) < 4.78 is 26.8. The van der Waals surface area contributed by atoms with E-state index in [-0.39, 0.29) is 5.56 Å². The lowest BCUT2D eigenvalue weighted by molar-refractivity contribution is 0.104. The Balaban J connectivity index is 2.24. The van der Waals surface area contributed by atoms with E-state index in [1.807, 2.05) is 24.3 Å². The third-order valence-corrected chi connectivity index (χ3v) is 3.19. The van der Waals surface area contributed by atoms with Crippen LogP contribution in [-0.2, 0) is 0 Å². The Morgan fingerprint density at radius 1 is 1.05 bits per heavy atom. The monoisotopic (exact) mass is 322 g/mol. The van der Waals surface area contributed by atoms with Crippen LogP contribution in [0.25, 0.3) is 6.08 Å². The van der Waals surface area contributed by atoms with Crippen LogP contribution < -0.4 is 0 Å². The van der Waals surface area contributed by atoms with Gasteiger partial charge in [0.25, 0.3) is 0 Å². The van der Waals surface area contributed by atoms with Gasteiger partial charge in [-0.3, -0.25) is 4.79 Å². The van der Waals surface area contributed by atoms with Crippen molar-refractivity contribution >= 4 is 27.8 Å². The molecule has 0 amide bonds. The zero-order valence-corrected chi connectivity index (χ0v) is 11.3. The zero-order chi connectivity index (χ0) is 13.8. The lowest BCUT2D eigenvalue weighted by atomic mass is 10.1. The van der Waals surface area contributed by atoms with E-state index in [9.17, 15) is 13.6 Å². The van der Waals surface area contributed by atoms with Crippen LogP contribution >= 0.6 is 15.9 Å². The molecule has 0 aliphatic rings. The van der Waals surface area contributed by atoms with Gasteiger partial charge in [0.1, 0.15) is 11.6 Å². The van der Waals surface area contributed by atoms with Crippen LogP contribution in [0.4, 0.5) is 8.78 Å². The molecule has 1 nitrogen and oxygen atoms in total. The molecule has 0 saturated heterocycles. The summed E-state index contributed by atoms with van der Waals surface area (Å²) in [6.07, 6.45) is 2.88. The third-order valence-electron chi connectivity index (χ3n) is 2.47. The first-order chi connectivity index (χ1) is 9.06. The SMILES string of the molecule is O=C(/C=C/c1ccccc1Br)c1cc(F)cc(F)c1. The molecule has 0 aromatic heterocycles. The molecule has 0 aliphatic heterocycles. The Kier molecular flexibility index (Phi) is 4.22. The fraction of sp³-hybridized carbons (Fsp3) is 0. The van der Waals surface area contributed by atoms with E-state index in [1.54, 1.807) is 6.08 Å². The second-order valence-corrected chi connectivity index (χ2v) is 4.73. The second kappa shape index (κ2) is 5.89. The molecule has 2 rings (SSSR count). The molecule has 2 aromatic rings. The second-order valence-electron chi connectivity index (χ2n) is 3.88. The predicted octanol–water partition coefficient (Wildman–Crippen LogP) is 4.62. The van der Waals surface area contributed by atoms with Crippen LogP contribution in [0.3, 0.4) is 0 Å². The minimum atomic E-state index is -0.766. The van der Waals surface area contributed by atoms with Gasteiger partial charge in [0.2, 0.25) is 0 Å². The van der Waals surface area contributed by atoms with Crippen LogP contribution in [0.2, 0.25) is 0 Å². The van der Waals surface area contributed by atoms with Gasteiger partial charge in [-0.1, -0.05) is 34.1 Å². The minimum Gasteiger partial charge on any atom is -0.289 e. The van der Waals surface area contributed by atoms with Gasteiger partial charge >= 0.3 is 0 Å². The lowest BCUT2D eigenvalue weighted by Crippen LogP contribution is -1.96. The first kappa shape index (κ1) is 13.6. The van der Waals surface area contributed by atoms with Crippen LogP contribution in [0, 0.1) is 11.6 Å². The molecule has 0 saturated carbocycles. The molecule has 2 aromatic carbocycles. The van der Waals surface area contributed by atoms with Crippen LogP contribution in [-0.4, -0.2) is 5.78 Å². The van der Waals surface area contributed by atoms with Crippen molar-refractivity contribution in [1.29, 1.82) is 0 Å². The van der Waals surface area contributed by atoms with Crippen molar-refractivity contribution in [3.8, 4) is 0 Å². The van der Waals surface area contributed by atoms with Gasteiger partial charge in [0.15, 0.2) is 5.78 Å². The summed E-state index contributed by atoms with van der Waals surface area (Å²) >= 11 is 3.34. The topological polar surface area (TPSA) is 17.1 Å². The molecule has 0 unspecified atom stereocenters. The third kappa shape index (κ3) is 3.58. The summed E-state index contributed by atoms with van der Waals surface area (Å²) in [6.45, 7) is 0. The number of rotatable bonds is 3. The van der Waals surface area contributed by atoms with Crippen molar-refractivity contribution < 1.29 is 13.6 Å². The van der Waals surface area contributed by atoms with E-state index in [0.29, 0.717) is 0 Å². The highest BCUT2D eigenvalue weighted by Crippen LogP contribution is 2.18. The molecule has 0 heterocycles. The number of benzene rings is 2. The predicted molar refractivity (Wildman–Crippen MR) is 73.9 cm³/mol. The van der Waals surface area contributed by atoms with E-state index >= 15 is 0 Å². The number of allylic oxidation sites excluding steroid dienone is 1. The first-order valence-corrected chi connectivity index (χ1v) is 6.28. The number of hydrogen-bond acceptors (Lipinski definition) is 1. The maximum atomic E-state index is 13.0. The van der Waals surface area contributed by atoms with Crippen molar-refractivity contribution in [2.24, 2.45) is 0 Å². The van der Waals surface area contributed by atoms with E-state index in [0.717, 1.165) is 28.2 Å². The average molecular weight is 323 g/mol. The molecule has 0 atom stereocenters. The summed E-state index contributed by atoms with van der Waals surface area (Å²) in [5, 5.41) is 0. The lowest BCUT2D eigenvalue weighted by Gasteiger charge is -1.99. The van der Waals surface area contributed by atoms with E-state index < -0.39 is 17.4 Å². The summed E-state index contributed by atoms with van der Waals surface area (Å²) in [6, 6.07) is 10.1. The summed E-state index contributed by atoms with van der Waals surface area (Å²) in [5.74, 6) is -1.98. The Hall–Kier alpha value is -1.81. The van der Waals surface area contributed by atoms with E-state index in [4.69, 9.17) is 0 Å². The summed E-state index contributed by atoms with van der Waals surface area (Å²) in [4.78, 5) is 11.8. The molecule has 0 aliphatic carbocycles. The van der Waals surface area contributed by atoms with Gasteiger partial charge in [-0.05, 0) is 35.9 Å². The normalized spacial score (nSPS) is 10.9. The smallest absolute Gasteiger partial charge is 0.186 e. The van der Waals surface area contributed by atoms with E-state index in [2.05, 4.69) is 15.9 Å². The Labute approximate surface area is 117 Å². The Morgan fingerprint density at radius 3 is 2.32 bits per heavy atom. The van der Waals surface area contributed by atoms with Crippen molar-refractivity contribution in [2.75, 3.05) is 0 Å². The van der Waals surface area contributed by atoms with Crippen LogP contribution in [0.15, 0.2) is 53.0 Å².